The van der Waals surface area contributed by atoms with E-state index in [1.807, 2.05) is 39.8 Å². The van der Waals surface area contributed by atoms with E-state index >= 15 is 0 Å². The number of carbonyl (C=O) groups is 1. The van der Waals surface area contributed by atoms with Gasteiger partial charge in [0.15, 0.2) is 5.96 Å². The fourth-order valence-corrected chi connectivity index (χ4v) is 2.38. The van der Waals surface area contributed by atoms with Gasteiger partial charge in [0.25, 0.3) is 0 Å². The van der Waals surface area contributed by atoms with Crippen LogP contribution in [-0.4, -0.2) is 58.1 Å². The molecule has 1 aromatic rings. The monoisotopic (exact) mass is 536 g/mol. The fraction of sp³-hybridized carbons (Fsp3) is 0.619. The molecule has 0 aliphatic rings. The first-order chi connectivity index (χ1) is 13.7. The van der Waals surface area contributed by atoms with Crippen LogP contribution in [0.15, 0.2) is 23.2 Å². The van der Waals surface area contributed by atoms with Crippen LogP contribution in [0.1, 0.15) is 38.3 Å². The molecule has 172 valence electrons. The van der Waals surface area contributed by atoms with E-state index in [2.05, 4.69) is 27.0 Å². The van der Waals surface area contributed by atoms with Gasteiger partial charge in [-0.1, -0.05) is 12.1 Å². The number of guanidine groups is 1. The number of halogens is 1. The minimum absolute atomic E-state index is 0. The van der Waals surface area contributed by atoms with Gasteiger partial charge >= 0.3 is 6.09 Å². The van der Waals surface area contributed by atoms with Crippen LogP contribution in [0.5, 0.6) is 5.75 Å². The van der Waals surface area contributed by atoms with E-state index in [4.69, 9.17) is 14.2 Å². The highest BCUT2D eigenvalue weighted by atomic mass is 127. The molecule has 1 rings (SSSR count). The van der Waals surface area contributed by atoms with Crippen LogP contribution in [-0.2, 0) is 16.0 Å². The number of nitrogens with zero attached hydrogens (tertiary/aromatic N) is 1. The molecule has 0 aliphatic heterocycles. The first-order valence-electron chi connectivity index (χ1n) is 9.88. The van der Waals surface area contributed by atoms with Gasteiger partial charge in [0.2, 0.25) is 0 Å². The van der Waals surface area contributed by atoms with Crippen molar-refractivity contribution in [3.05, 3.63) is 29.3 Å². The number of alkyl carbamates (subject to hydrolysis) is 1. The number of aryl methyl sites for hydroxylation is 1. The number of nitrogens with one attached hydrogen (secondary N) is 3. The lowest BCUT2D eigenvalue weighted by molar-refractivity contribution is 0.0527. The van der Waals surface area contributed by atoms with E-state index in [-0.39, 0.29) is 24.0 Å². The molecule has 0 spiro atoms. The predicted octanol–water partition coefficient (Wildman–Crippen LogP) is 3.22. The topological polar surface area (TPSA) is 93.2 Å². The molecular formula is C21H37IN4O4. The van der Waals surface area contributed by atoms with Crippen LogP contribution in [0.25, 0.3) is 0 Å². The van der Waals surface area contributed by atoms with Gasteiger partial charge in [-0.15, -0.1) is 24.0 Å². The highest BCUT2D eigenvalue weighted by Crippen LogP contribution is 2.20. The molecule has 1 aromatic carbocycles. The number of hydrogen-bond acceptors (Lipinski definition) is 5. The predicted molar refractivity (Wildman–Crippen MR) is 131 cm³/mol. The van der Waals surface area contributed by atoms with E-state index in [9.17, 15) is 4.79 Å². The van der Waals surface area contributed by atoms with E-state index in [1.54, 1.807) is 14.2 Å². The van der Waals surface area contributed by atoms with Crippen LogP contribution < -0.4 is 20.7 Å². The lowest BCUT2D eigenvalue weighted by atomic mass is 10.1. The zero-order chi connectivity index (χ0) is 21.7. The lowest BCUT2D eigenvalue weighted by Gasteiger charge is -2.19. The number of ether oxygens (including phenoxy) is 3. The smallest absolute Gasteiger partial charge is 0.407 e. The van der Waals surface area contributed by atoms with Gasteiger partial charge in [-0.2, -0.15) is 0 Å². The summed E-state index contributed by atoms with van der Waals surface area (Å²) in [6.45, 7) is 10.4. The number of carbonyl (C=O) groups excluding carboxylic acids is 1. The molecule has 0 atom stereocenters. The largest absolute Gasteiger partial charge is 0.491 e. The number of rotatable bonds is 10. The molecule has 1 amide bonds. The van der Waals surface area contributed by atoms with Gasteiger partial charge in [-0.3, -0.25) is 4.99 Å². The molecule has 0 saturated heterocycles. The highest BCUT2D eigenvalue weighted by Gasteiger charge is 2.15. The summed E-state index contributed by atoms with van der Waals surface area (Å²) in [6.07, 6.45) is 0.343. The number of methoxy groups -OCH3 is 1. The molecule has 0 radical (unpaired) electrons. The van der Waals surface area contributed by atoms with E-state index in [1.165, 1.54) is 0 Å². The summed E-state index contributed by atoms with van der Waals surface area (Å²) in [5, 5.41) is 9.25. The Kier molecular flexibility index (Phi) is 14.2. The second-order valence-electron chi connectivity index (χ2n) is 7.59. The molecule has 0 aliphatic carbocycles. The molecule has 0 aromatic heterocycles. The Labute approximate surface area is 197 Å². The van der Waals surface area contributed by atoms with Crippen molar-refractivity contribution in [3.8, 4) is 5.75 Å². The molecule has 0 unspecified atom stereocenters. The molecule has 0 bridgehead atoms. The van der Waals surface area contributed by atoms with E-state index in [0.29, 0.717) is 38.8 Å². The molecule has 0 fully saturated rings. The summed E-state index contributed by atoms with van der Waals surface area (Å²) in [6, 6.07) is 6.12. The molecule has 0 saturated carbocycles. The van der Waals surface area contributed by atoms with Crippen LogP contribution in [0.4, 0.5) is 4.79 Å². The van der Waals surface area contributed by atoms with Gasteiger partial charge in [0.1, 0.15) is 18.0 Å². The Morgan fingerprint density at radius 2 is 1.80 bits per heavy atom. The van der Waals surface area contributed by atoms with Gasteiger partial charge in [-0.25, -0.2) is 4.79 Å². The Bertz CT molecular complexity index is 663. The maximum Gasteiger partial charge on any atom is 0.407 e. The molecule has 8 nitrogen and oxygen atoms in total. The number of hydrogen-bond donors (Lipinski definition) is 3. The van der Waals surface area contributed by atoms with Crippen molar-refractivity contribution in [2.75, 3.05) is 40.5 Å². The Morgan fingerprint density at radius 1 is 1.10 bits per heavy atom. The van der Waals surface area contributed by atoms with Crippen molar-refractivity contribution >= 4 is 36.0 Å². The summed E-state index contributed by atoms with van der Waals surface area (Å²) in [4.78, 5) is 15.8. The zero-order valence-electron chi connectivity index (χ0n) is 19.0. The van der Waals surface area contributed by atoms with Crippen molar-refractivity contribution in [2.24, 2.45) is 4.99 Å². The standard InChI is InChI=1S/C21H36N4O4.HI/c1-16-8-9-17(18(14-16)28-13-12-27-6)15-25-19(22-5)23-10-7-11-24-20(26)29-21(2,3)4;/h8-9,14H,7,10-13,15H2,1-6H3,(H,24,26)(H2,22,23,25);1H. The molecule has 0 heterocycles. The molecule has 9 heteroatoms. The summed E-state index contributed by atoms with van der Waals surface area (Å²) in [5.74, 6) is 1.53. The molecule has 3 N–H and O–H groups in total. The van der Waals surface area contributed by atoms with Crippen LogP contribution in [0.2, 0.25) is 0 Å². The summed E-state index contributed by atoms with van der Waals surface area (Å²) >= 11 is 0. The van der Waals surface area contributed by atoms with E-state index < -0.39 is 11.7 Å². The van der Waals surface area contributed by atoms with Crippen molar-refractivity contribution < 1.29 is 19.0 Å². The minimum Gasteiger partial charge on any atom is -0.491 e. The maximum atomic E-state index is 11.6. The second-order valence-corrected chi connectivity index (χ2v) is 7.59. The fourth-order valence-electron chi connectivity index (χ4n) is 2.38. The quantitative estimate of drug-likeness (QED) is 0.184. The van der Waals surface area contributed by atoms with Crippen molar-refractivity contribution in [2.45, 2.75) is 46.3 Å². The first-order valence-corrected chi connectivity index (χ1v) is 9.88. The maximum absolute atomic E-state index is 11.6. The molecule has 30 heavy (non-hydrogen) atoms. The van der Waals surface area contributed by atoms with Crippen molar-refractivity contribution in [1.82, 2.24) is 16.0 Å². The third kappa shape index (κ3) is 12.7. The number of benzene rings is 1. The Morgan fingerprint density at radius 3 is 2.43 bits per heavy atom. The van der Waals surface area contributed by atoms with Crippen LogP contribution in [0.3, 0.4) is 0 Å². The van der Waals surface area contributed by atoms with Crippen molar-refractivity contribution in [3.63, 3.8) is 0 Å². The molecular weight excluding hydrogens is 499 g/mol. The van der Waals surface area contributed by atoms with Crippen LogP contribution >= 0.6 is 24.0 Å². The lowest BCUT2D eigenvalue weighted by Crippen LogP contribution is -2.39. The van der Waals surface area contributed by atoms with Crippen LogP contribution in [0, 0.1) is 6.92 Å². The average molecular weight is 536 g/mol. The SMILES string of the molecule is CN=C(NCCCNC(=O)OC(C)(C)C)NCc1ccc(C)cc1OCCOC.I. The number of amides is 1. The van der Waals surface area contributed by atoms with Gasteiger partial charge in [0, 0.05) is 39.4 Å². The van der Waals surface area contributed by atoms with Crippen molar-refractivity contribution in [1.29, 1.82) is 0 Å². The average Bonchev–Trinajstić information content (AvgIpc) is 2.64. The highest BCUT2D eigenvalue weighted by molar-refractivity contribution is 14.0. The second kappa shape index (κ2) is 15.1. The number of aliphatic imine (C=N–C) groups is 1. The van der Waals surface area contributed by atoms with E-state index in [0.717, 1.165) is 23.3 Å². The normalized spacial score (nSPS) is 11.3. The third-order valence-electron chi connectivity index (χ3n) is 3.75. The minimum atomic E-state index is -0.490. The van der Waals surface area contributed by atoms with Gasteiger partial charge in [0.05, 0.1) is 6.61 Å². The Hall–Kier alpha value is -1.75. The third-order valence-corrected chi connectivity index (χ3v) is 3.75. The van der Waals surface area contributed by atoms with Gasteiger partial charge < -0.3 is 30.2 Å². The summed E-state index contributed by atoms with van der Waals surface area (Å²) < 4.78 is 16.1. The summed E-state index contributed by atoms with van der Waals surface area (Å²) in [5.41, 5.74) is 1.69. The summed E-state index contributed by atoms with van der Waals surface area (Å²) in [7, 11) is 3.38. The first kappa shape index (κ1) is 28.2. The van der Waals surface area contributed by atoms with Gasteiger partial charge in [-0.05, 0) is 45.7 Å². The Balaban J connectivity index is 0.00000841. The zero-order valence-corrected chi connectivity index (χ0v) is 21.3.